The molecule has 1 aromatic rings. The molecule has 5 rings (SSSR count). The van der Waals surface area contributed by atoms with Crippen LogP contribution >= 0.6 is 0 Å². The van der Waals surface area contributed by atoms with Crippen molar-refractivity contribution >= 4 is 23.4 Å². The summed E-state index contributed by atoms with van der Waals surface area (Å²) in [6.07, 6.45) is 3.05. The van der Waals surface area contributed by atoms with Gasteiger partial charge >= 0.3 is 0 Å². The Morgan fingerprint density at radius 2 is 1.79 bits per heavy atom. The highest BCUT2D eigenvalue weighted by Gasteiger charge is 2.59. The molecule has 0 aromatic heterocycles. The molecule has 3 amide bonds. The number of fused-ring (bicyclic) bond motifs is 2. The van der Waals surface area contributed by atoms with Crippen molar-refractivity contribution < 1.29 is 14.4 Å². The Hall–Kier alpha value is -2.25. The van der Waals surface area contributed by atoms with E-state index in [2.05, 4.69) is 15.5 Å². The maximum Gasteiger partial charge on any atom is 0.249 e. The lowest BCUT2D eigenvalue weighted by Gasteiger charge is -2.48. The van der Waals surface area contributed by atoms with Crippen LogP contribution in [0.1, 0.15) is 31.2 Å². The number of rotatable bonds is 3. The number of nitrogens with zero attached hydrogens (tertiary/aromatic N) is 2. The molecule has 148 valence electrons. The molecule has 4 aliphatic rings. The van der Waals surface area contributed by atoms with Crippen LogP contribution in [0.15, 0.2) is 24.3 Å². The summed E-state index contributed by atoms with van der Waals surface area (Å²) in [5, 5.41) is 5.80. The van der Waals surface area contributed by atoms with E-state index in [9.17, 15) is 14.4 Å². The molecule has 7 heteroatoms. The zero-order chi connectivity index (χ0) is 19.3. The van der Waals surface area contributed by atoms with Crippen LogP contribution in [0.25, 0.3) is 0 Å². The van der Waals surface area contributed by atoms with Crippen LogP contribution < -0.4 is 15.5 Å². The maximum atomic E-state index is 13.6. The number of likely N-dealkylation sites (tertiary alicyclic amines) is 1. The molecule has 1 aromatic carbocycles. The summed E-state index contributed by atoms with van der Waals surface area (Å²) in [6.45, 7) is 4.63. The van der Waals surface area contributed by atoms with Crippen LogP contribution in [0, 0.1) is 5.92 Å². The van der Waals surface area contributed by atoms with Crippen LogP contribution in [-0.2, 0) is 19.8 Å². The fourth-order valence-electron chi connectivity index (χ4n) is 5.36. The molecule has 0 aliphatic carbocycles. The number of benzene rings is 1. The Morgan fingerprint density at radius 3 is 2.54 bits per heavy atom. The summed E-state index contributed by atoms with van der Waals surface area (Å²) in [6, 6.07) is 7.25. The number of imide groups is 1. The molecule has 28 heavy (non-hydrogen) atoms. The molecule has 3 fully saturated rings. The number of piperidine rings is 2. The quantitative estimate of drug-likeness (QED) is 0.740. The van der Waals surface area contributed by atoms with Crippen LogP contribution in [0.3, 0.4) is 0 Å². The zero-order valence-electron chi connectivity index (χ0n) is 15.9. The number of nitrogens with one attached hydrogen (secondary N) is 2. The van der Waals surface area contributed by atoms with Gasteiger partial charge in [-0.2, -0.15) is 0 Å². The van der Waals surface area contributed by atoms with Gasteiger partial charge in [-0.25, -0.2) is 0 Å². The van der Waals surface area contributed by atoms with Gasteiger partial charge in [-0.15, -0.1) is 0 Å². The summed E-state index contributed by atoms with van der Waals surface area (Å²) in [5.74, 6) is 0.0939. The molecule has 4 heterocycles. The van der Waals surface area contributed by atoms with Gasteiger partial charge in [0.05, 0.1) is 0 Å². The Kier molecular flexibility index (Phi) is 4.25. The summed E-state index contributed by atoms with van der Waals surface area (Å²) < 4.78 is 0. The number of hydrogen-bond acceptors (Lipinski definition) is 5. The monoisotopic (exact) mass is 382 g/mol. The summed E-state index contributed by atoms with van der Waals surface area (Å²) >= 11 is 0. The van der Waals surface area contributed by atoms with Crippen molar-refractivity contribution in [2.24, 2.45) is 5.92 Å². The molecule has 7 nitrogen and oxygen atoms in total. The topological polar surface area (TPSA) is 81.8 Å². The van der Waals surface area contributed by atoms with Gasteiger partial charge in [-0.3, -0.25) is 24.6 Å². The van der Waals surface area contributed by atoms with Gasteiger partial charge in [0.2, 0.25) is 17.7 Å². The zero-order valence-corrected chi connectivity index (χ0v) is 15.9. The third-order valence-corrected chi connectivity index (χ3v) is 6.79. The van der Waals surface area contributed by atoms with Crippen molar-refractivity contribution in [3.63, 3.8) is 0 Å². The van der Waals surface area contributed by atoms with Crippen molar-refractivity contribution in [2.45, 2.75) is 37.1 Å². The number of carbonyl (C=O) groups excluding carboxylic acids is 3. The number of amides is 3. The van der Waals surface area contributed by atoms with Crippen LogP contribution in [0.5, 0.6) is 0 Å². The highest BCUT2D eigenvalue weighted by molar-refractivity contribution is 6.14. The largest absolute Gasteiger partial charge is 0.317 e. The van der Waals surface area contributed by atoms with Crippen LogP contribution in [0.2, 0.25) is 0 Å². The maximum absolute atomic E-state index is 13.6. The minimum absolute atomic E-state index is 0.0183. The van der Waals surface area contributed by atoms with Gasteiger partial charge in [-0.05, 0) is 49.9 Å². The lowest BCUT2D eigenvalue weighted by molar-refractivity contribution is -0.138. The smallest absolute Gasteiger partial charge is 0.249 e. The predicted octanol–water partition coefficient (Wildman–Crippen LogP) is 0.391. The lowest BCUT2D eigenvalue weighted by Crippen LogP contribution is -2.66. The van der Waals surface area contributed by atoms with E-state index in [-0.39, 0.29) is 24.1 Å². The number of hydrogen-bond donors (Lipinski definition) is 2. The molecule has 0 radical (unpaired) electrons. The van der Waals surface area contributed by atoms with E-state index in [1.54, 1.807) is 4.90 Å². The normalized spacial score (nSPS) is 27.6. The molecular weight excluding hydrogens is 356 g/mol. The predicted molar refractivity (Wildman–Crippen MR) is 104 cm³/mol. The second-order valence-corrected chi connectivity index (χ2v) is 8.60. The van der Waals surface area contributed by atoms with Gasteiger partial charge in [-0.1, -0.05) is 18.2 Å². The highest BCUT2D eigenvalue weighted by atomic mass is 16.2. The van der Waals surface area contributed by atoms with E-state index in [1.165, 1.54) is 12.8 Å². The standard InChI is InChI=1S/C21H26N4O3/c26-18-6-5-17(19(27)23-18)25-16-4-2-1-3-15(16)21(20(25)28)12-24(13-21)11-14-7-9-22-10-8-14/h1-4,14,17,22H,5-13H2,(H,23,26,27). The first-order valence-electron chi connectivity index (χ1n) is 10.3. The van der Waals surface area contributed by atoms with E-state index in [1.807, 2.05) is 24.3 Å². The number of para-hydroxylation sites is 1. The van der Waals surface area contributed by atoms with Gasteiger partial charge in [0, 0.05) is 31.7 Å². The Bertz CT molecular complexity index is 827. The van der Waals surface area contributed by atoms with Crippen LogP contribution in [-0.4, -0.2) is 61.4 Å². The van der Waals surface area contributed by atoms with Gasteiger partial charge in [0.1, 0.15) is 11.5 Å². The third-order valence-electron chi connectivity index (χ3n) is 6.79. The second kappa shape index (κ2) is 6.67. The molecular formula is C21H26N4O3. The van der Waals surface area contributed by atoms with Gasteiger partial charge in [0.15, 0.2) is 0 Å². The second-order valence-electron chi connectivity index (χ2n) is 8.60. The Labute approximate surface area is 164 Å². The van der Waals surface area contributed by atoms with E-state index in [0.29, 0.717) is 12.3 Å². The minimum atomic E-state index is -0.593. The Balaban J connectivity index is 1.38. The van der Waals surface area contributed by atoms with Crippen LogP contribution in [0.4, 0.5) is 5.69 Å². The van der Waals surface area contributed by atoms with Gasteiger partial charge in [0.25, 0.3) is 0 Å². The molecule has 1 atom stereocenters. The molecule has 1 unspecified atom stereocenters. The lowest BCUT2D eigenvalue weighted by atomic mass is 9.74. The van der Waals surface area contributed by atoms with E-state index in [4.69, 9.17) is 0 Å². The highest BCUT2D eigenvalue weighted by Crippen LogP contribution is 2.48. The SMILES string of the molecule is O=C1CCC(N2C(=O)C3(CN(CC4CCNCC4)C3)c3ccccc32)C(=O)N1. The Morgan fingerprint density at radius 1 is 1.04 bits per heavy atom. The van der Waals surface area contributed by atoms with Crippen molar-refractivity contribution in [3.05, 3.63) is 29.8 Å². The molecule has 1 spiro atoms. The van der Waals surface area contributed by atoms with Crippen molar-refractivity contribution in [1.82, 2.24) is 15.5 Å². The molecule has 0 saturated carbocycles. The minimum Gasteiger partial charge on any atom is -0.317 e. The first kappa shape index (κ1) is 17.8. The fourth-order valence-corrected chi connectivity index (χ4v) is 5.36. The first-order chi connectivity index (χ1) is 13.6. The molecule has 0 bridgehead atoms. The van der Waals surface area contributed by atoms with Crippen molar-refractivity contribution in [3.8, 4) is 0 Å². The van der Waals surface area contributed by atoms with E-state index >= 15 is 0 Å². The number of anilines is 1. The fraction of sp³-hybridized carbons (Fsp3) is 0.571. The summed E-state index contributed by atoms with van der Waals surface area (Å²) in [7, 11) is 0. The first-order valence-corrected chi connectivity index (χ1v) is 10.3. The van der Waals surface area contributed by atoms with Gasteiger partial charge < -0.3 is 10.2 Å². The average Bonchev–Trinajstić information content (AvgIpc) is 2.92. The molecule has 4 aliphatic heterocycles. The third kappa shape index (κ3) is 2.68. The summed E-state index contributed by atoms with van der Waals surface area (Å²) in [5.41, 5.74) is 1.33. The van der Waals surface area contributed by atoms with Crippen molar-refractivity contribution in [1.29, 1.82) is 0 Å². The van der Waals surface area contributed by atoms with E-state index < -0.39 is 11.5 Å². The summed E-state index contributed by atoms with van der Waals surface area (Å²) in [4.78, 5) is 41.6. The number of carbonyl (C=O) groups is 3. The average molecular weight is 382 g/mol. The molecule has 3 saturated heterocycles. The molecule has 2 N–H and O–H groups in total. The van der Waals surface area contributed by atoms with Crippen molar-refractivity contribution in [2.75, 3.05) is 37.6 Å². The van der Waals surface area contributed by atoms with E-state index in [0.717, 1.165) is 44.0 Å².